The van der Waals surface area contributed by atoms with Crippen LogP contribution in [0.15, 0.2) is 24.3 Å². The molecule has 138 valence electrons. The molecule has 25 heavy (non-hydrogen) atoms. The predicted molar refractivity (Wildman–Crippen MR) is 95.1 cm³/mol. The zero-order valence-electron chi connectivity index (χ0n) is 14.5. The molecule has 1 atom stereocenters. The van der Waals surface area contributed by atoms with Crippen LogP contribution in [0.2, 0.25) is 0 Å². The van der Waals surface area contributed by atoms with E-state index in [-0.39, 0.29) is 24.7 Å². The van der Waals surface area contributed by atoms with Gasteiger partial charge in [0.15, 0.2) is 9.84 Å². The number of ether oxygens (including phenoxy) is 1. The second kappa shape index (κ2) is 8.44. The lowest BCUT2D eigenvalue weighted by molar-refractivity contribution is -0.144. The minimum Gasteiger partial charge on any atom is -0.383 e. The van der Waals surface area contributed by atoms with Gasteiger partial charge in [-0.05, 0) is 30.5 Å². The van der Waals surface area contributed by atoms with E-state index in [1.165, 1.54) is 12.0 Å². The third kappa shape index (κ3) is 5.27. The van der Waals surface area contributed by atoms with Gasteiger partial charge in [0.2, 0.25) is 0 Å². The highest BCUT2D eigenvalue weighted by atomic mass is 32.2. The summed E-state index contributed by atoms with van der Waals surface area (Å²) in [6.07, 6.45) is 1.23. The van der Waals surface area contributed by atoms with Gasteiger partial charge in [-0.15, -0.1) is 0 Å². The Bertz CT molecular complexity index is 715. The molecule has 0 saturated carbocycles. The van der Waals surface area contributed by atoms with Gasteiger partial charge in [-0.25, -0.2) is 8.42 Å². The van der Waals surface area contributed by atoms with E-state index < -0.39 is 27.7 Å². The van der Waals surface area contributed by atoms with Crippen LogP contribution in [0, 0.1) is 0 Å². The Morgan fingerprint density at radius 2 is 1.96 bits per heavy atom. The van der Waals surface area contributed by atoms with Gasteiger partial charge in [-0.1, -0.05) is 19.1 Å². The van der Waals surface area contributed by atoms with Gasteiger partial charge >= 0.3 is 11.8 Å². The molecule has 2 amide bonds. The van der Waals surface area contributed by atoms with Crippen molar-refractivity contribution in [3.05, 3.63) is 29.8 Å². The fraction of sp³-hybridized carbons (Fsp3) is 0.529. The molecule has 1 aromatic carbocycles. The number of carbonyl (C=O) groups is 2. The molecule has 7 nitrogen and oxygen atoms in total. The molecule has 1 heterocycles. The average Bonchev–Trinajstić information content (AvgIpc) is 2.95. The highest BCUT2D eigenvalue weighted by molar-refractivity contribution is 7.91. The molecule has 1 unspecified atom stereocenters. The molecule has 0 spiro atoms. The molecule has 1 aromatic rings. The molecule has 1 fully saturated rings. The van der Waals surface area contributed by atoms with Crippen molar-refractivity contribution < 1.29 is 22.7 Å². The molecule has 0 radical (unpaired) electrons. The van der Waals surface area contributed by atoms with Crippen LogP contribution in [0.25, 0.3) is 0 Å². The number of methoxy groups -OCH3 is 1. The van der Waals surface area contributed by atoms with E-state index in [0.717, 1.165) is 12.0 Å². The Kier molecular flexibility index (Phi) is 6.55. The molecule has 8 heteroatoms. The van der Waals surface area contributed by atoms with E-state index >= 15 is 0 Å². The number of anilines is 1. The van der Waals surface area contributed by atoms with Crippen molar-refractivity contribution in [2.75, 3.05) is 37.1 Å². The summed E-state index contributed by atoms with van der Waals surface area (Å²) in [6, 6.07) is 6.76. The van der Waals surface area contributed by atoms with Crippen molar-refractivity contribution >= 4 is 27.3 Å². The maximum Gasteiger partial charge on any atom is 0.313 e. The summed E-state index contributed by atoms with van der Waals surface area (Å²) in [6.45, 7) is 2.44. The van der Waals surface area contributed by atoms with E-state index in [4.69, 9.17) is 4.74 Å². The minimum atomic E-state index is -3.16. The van der Waals surface area contributed by atoms with E-state index in [2.05, 4.69) is 5.32 Å². The number of aryl methyl sites for hydroxylation is 1. The second-order valence-electron chi connectivity index (χ2n) is 6.05. The van der Waals surface area contributed by atoms with Gasteiger partial charge in [0.05, 0.1) is 18.1 Å². The molecule has 0 aliphatic carbocycles. The number of hydrogen-bond acceptors (Lipinski definition) is 5. The van der Waals surface area contributed by atoms with Crippen molar-refractivity contribution in [1.82, 2.24) is 4.90 Å². The van der Waals surface area contributed by atoms with Gasteiger partial charge < -0.3 is 15.0 Å². The van der Waals surface area contributed by atoms with Crippen LogP contribution >= 0.6 is 0 Å². The van der Waals surface area contributed by atoms with Crippen molar-refractivity contribution in [2.45, 2.75) is 25.8 Å². The van der Waals surface area contributed by atoms with Crippen LogP contribution < -0.4 is 5.32 Å². The summed E-state index contributed by atoms with van der Waals surface area (Å²) in [5.74, 6) is -1.58. The molecule has 0 aromatic heterocycles. The van der Waals surface area contributed by atoms with Crippen LogP contribution in [-0.2, 0) is 30.6 Å². The molecular formula is C17H24N2O5S. The van der Waals surface area contributed by atoms with Crippen molar-refractivity contribution in [3.63, 3.8) is 0 Å². The van der Waals surface area contributed by atoms with Gasteiger partial charge in [0, 0.05) is 25.4 Å². The lowest BCUT2D eigenvalue weighted by atomic mass is 10.1. The van der Waals surface area contributed by atoms with E-state index in [1.54, 1.807) is 12.1 Å². The van der Waals surface area contributed by atoms with Crippen molar-refractivity contribution in [1.29, 1.82) is 0 Å². The normalized spacial score (nSPS) is 18.7. The quantitative estimate of drug-likeness (QED) is 0.752. The topological polar surface area (TPSA) is 92.8 Å². The maximum absolute atomic E-state index is 12.5. The first-order valence-electron chi connectivity index (χ1n) is 8.26. The van der Waals surface area contributed by atoms with Gasteiger partial charge in [0.1, 0.15) is 0 Å². The lowest BCUT2D eigenvalue weighted by Crippen LogP contribution is -2.47. The smallest absolute Gasteiger partial charge is 0.313 e. The third-order valence-electron chi connectivity index (χ3n) is 4.26. The molecule has 1 saturated heterocycles. The Morgan fingerprint density at radius 1 is 1.28 bits per heavy atom. The first kappa shape index (κ1) is 19.4. The molecule has 2 rings (SSSR count). The minimum absolute atomic E-state index is 0.0362. The summed E-state index contributed by atoms with van der Waals surface area (Å²) in [7, 11) is -1.67. The monoisotopic (exact) mass is 368 g/mol. The summed E-state index contributed by atoms with van der Waals surface area (Å²) < 4.78 is 28.4. The van der Waals surface area contributed by atoms with Gasteiger partial charge in [-0.3, -0.25) is 9.59 Å². The van der Waals surface area contributed by atoms with Crippen molar-refractivity contribution in [2.24, 2.45) is 0 Å². The standard InChI is InChI=1S/C17H24N2O5S/c1-3-13-4-6-14(7-5-13)18-16(20)17(21)19(9-10-24-2)15-8-11-25(22,23)12-15/h4-7,15H,3,8-12H2,1-2H3,(H,18,20). The van der Waals surface area contributed by atoms with Crippen LogP contribution in [0.5, 0.6) is 0 Å². The summed E-state index contributed by atoms with van der Waals surface area (Å²) in [5.41, 5.74) is 1.66. The van der Waals surface area contributed by atoms with E-state index in [1.807, 2.05) is 19.1 Å². The fourth-order valence-electron chi connectivity index (χ4n) is 2.80. The molecular weight excluding hydrogens is 344 g/mol. The Balaban J connectivity index is 2.07. The number of nitrogens with zero attached hydrogens (tertiary/aromatic N) is 1. The van der Waals surface area contributed by atoms with E-state index in [9.17, 15) is 18.0 Å². The first-order valence-corrected chi connectivity index (χ1v) is 10.1. The maximum atomic E-state index is 12.5. The van der Waals surface area contributed by atoms with Crippen LogP contribution in [-0.4, -0.2) is 62.9 Å². The number of rotatable bonds is 6. The van der Waals surface area contributed by atoms with Gasteiger partial charge in [0.25, 0.3) is 0 Å². The average molecular weight is 368 g/mol. The molecule has 0 bridgehead atoms. The highest BCUT2D eigenvalue weighted by Crippen LogP contribution is 2.18. The predicted octanol–water partition coefficient (Wildman–Crippen LogP) is 0.850. The van der Waals surface area contributed by atoms with E-state index in [0.29, 0.717) is 12.1 Å². The largest absolute Gasteiger partial charge is 0.383 e. The number of hydrogen-bond donors (Lipinski definition) is 1. The Hall–Kier alpha value is -1.93. The second-order valence-corrected chi connectivity index (χ2v) is 8.28. The van der Waals surface area contributed by atoms with Crippen molar-refractivity contribution in [3.8, 4) is 0 Å². The Morgan fingerprint density at radius 3 is 2.48 bits per heavy atom. The van der Waals surface area contributed by atoms with Crippen LogP contribution in [0.3, 0.4) is 0 Å². The summed E-state index contributed by atoms with van der Waals surface area (Å²) in [4.78, 5) is 26.1. The summed E-state index contributed by atoms with van der Waals surface area (Å²) in [5, 5.41) is 2.57. The molecule has 1 aliphatic heterocycles. The molecule has 1 N–H and O–H groups in total. The fourth-order valence-corrected chi connectivity index (χ4v) is 4.53. The highest BCUT2D eigenvalue weighted by Gasteiger charge is 2.36. The third-order valence-corrected chi connectivity index (χ3v) is 6.01. The zero-order chi connectivity index (χ0) is 18.4. The van der Waals surface area contributed by atoms with Crippen LogP contribution in [0.1, 0.15) is 18.9 Å². The number of nitrogens with one attached hydrogen (secondary N) is 1. The zero-order valence-corrected chi connectivity index (χ0v) is 15.3. The number of benzene rings is 1. The Labute approximate surface area is 148 Å². The first-order chi connectivity index (χ1) is 11.9. The lowest BCUT2D eigenvalue weighted by Gasteiger charge is -2.27. The SMILES string of the molecule is CCc1ccc(NC(=O)C(=O)N(CCOC)C2CCS(=O)(=O)C2)cc1. The molecule has 1 aliphatic rings. The van der Waals surface area contributed by atoms with Gasteiger partial charge in [-0.2, -0.15) is 0 Å². The number of sulfone groups is 1. The number of carbonyl (C=O) groups excluding carboxylic acids is 2. The van der Waals surface area contributed by atoms with Crippen LogP contribution in [0.4, 0.5) is 5.69 Å². The summed E-state index contributed by atoms with van der Waals surface area (Å²) >= 11 is 0. The number of amides is 2.